The van der Waals surface area contributed by atoms with Crippen LogP contribution in [-0.4, -0.2) is 32.5 Å². The molecule has 1 aliphatic heterocycles. The minimum Gasteiger partial charge on any atom is -0.490 e. The topological polar surface area (TPSA) is 107 Å². The van der Waals surface area contributed by atoms with Crippen molar-refractivity contribution in [3.05, 3.63) is 59.1 Å². The fourth-order valence-corrected chi connectivity index (χ4v) is 5.09. The molecule has 1 aromatic heterocycles. The van der Waals surface area contributed by atoms with Crippen LogP contribution < -0.4 is 19.5 Å². The molecule has 0 saturated heterocycles. The standard InChI is InChI=1S/C23H25N3O5S2/c1-23(2,3)20-14-32-22(24-20)25-21(27)15-6-4-7-16(12-15)26-33(28,29)17-8-9-18-19(13-17)31-11-5-10-30-18/h4,6-9,12-14,26H,5,10-11H2,1-3H3,(H,24,25,27). The van der Waals surface area contributed by atoms with Crippen LogP contribution in [0.4, 0.5) is 10.8 Å². The Balaban J connectivity index is 1.50. The third-order valence-corrected chi connectivity index (χ3v) is 7.04. The van der Waals surface area contributed by atoms with Gasteiger partial charge in [-0.1, -0.05) is 26.8 Å². The Labute approximate surface area is 197 Å². The number of nitrogens with zero attached hydrogens (tertiary/aromatic N) is 1. The molecule has 0 fully saturated rings. The molecular weight excluding hydrogens is 462 g/mol. The molecule has 1 aliphatic rings. The summed E-state index contributed by atoms with van der Waals surface area (Å²) in [5, 5.41) is 5.17. The maximum absolute atomic E-state index is 12.9. The molecule has 0 unspecified atom stereocenters. The molecule has 33 heavy (non-hydrogen) atoms. The van der Waals surface area contributed by atoms with Gasteiger partial charge in [-0.25, -0.2) is 13.4 Å². The van der Waals surface area contributed by atoms with E-state index in [4.69, 9.17) is 9.47 Å². The first kappa shape index (κ1) is 23.1. The number of carbonyl (C=O) groups excluding carboxylic acids is 1. The molecule has 2 aromatic carbocycles. The fourth-order valence-electron chi connectivity index (χ4n) is 3.09. The molecule has 10 heteroatoms. The zero-order valence-corrected chi connectivity index (χ0v) is 20.2. The molecule has 3 aromatic rings. The second-order valence-corrected chi connectivity index (χ2v) is 11.1. The average molecular weight is 488 g/mol. The highest BCUT2D eigenvalue weighted by atomic mass is 32.2. The highest BCUT2D eigenvalue weighted by molar-refractivity contribution is 7.92. The van der Waals surface area contributed by atoms with Crippen molar-refractivity contribution < 1.29 is 22.7 Å². The summed E-state index contributed by atoms with van der Waals surface area (Å²) >= 11 is 1.35. The molecular formula is C23H25N3O5S2. The number of rotatable bonds is 5. The summed E-state index contributed by atoms with van der Waals surface area (Å²) in [5.41, 5.74) is 1.34. The van der Waals surface area contributed by atoms with Crippen molar-refractivity contribution in [1.29, 1.82) is 0 Å². The molecule has 0 saturated carbocycles. The number of ether oxygens (including phenoxy) is 2. The van der Waals surface area contributed by atoms with Gasteiger partial charge in [-0.15, -0.1) is 11.3 Å². The summed E-state index contributed by atoms with van der Waals surface area (Å²) in [6.45, 7) is 7.12. The van der Waals surface area contributed by atoms with Crippen LogP contribution in [0.15, 0.2) is 52.7 Å². The number of hydrogen-bond acceptors (Lipinski definition) is 7. The van der Waals surface area contributed by atoms with Crippen molar-refractivity contribution in [2.45, 2.75) is 37.5 Å². The molecule has 4 rings (SSSR count). The van der Waals surface area contributed by atoms with E-state index in [1.54, 1.807) is 24.3 Å². The van der Waals surface area contributed by atoms with Gasteiger partial charge in [0, 0.05) is 34.5 Å². The summed E-state index contributed by atoms with van der Waals surface area (Å²) < 4.78 is 39.5. The summed E-state index contributed by atoms with van der Waals surface area (Å²) in [6.07, 6.45) is 0.725. The van der Waals surface area contributed by atoms with Crippen molar-refractivity contribution in [1.82, 2.24) is 4.98 Å². The molecule has 2 heterocycles. The first-order valence-corrected chi connectivity index (χ1v) is 12.8. The number of amides is 1. The summed E-state index contributed by atoms with van der Waals surface area (Å²) in [7, 11) is -3.90. The Hall–Kier alpha value is -3.11. The third kappa shape index (κ3) is 5.45. The lowest BCUT2D eigenvalue weighted by molar-refractivity contribution is 0.102. The van der Waals surface area contributed by atoms with Gasteiger partial charge >= 0.3 is 0 Å². The number of carbonyl (C=O) groups is 1. The minimum atomic E-state index is -3.90. The molecule has 2 N–H and O–H groups in total. The SMILES string of the molecule is CC(C)(C)c1csc(NC(=O)c2cccc(NS(=O)(=O)c3ccc4c(c3)OCCCO4)c2)n1. The van der Waals surface area contributed by atoms with Crippen LogP contribution in [-0.2, 0) is 15.4 Å². The Morgan fingerprint density at radius 2 is 1.82 bits per heavy atom. The van der Waals surface area contributed by atoms with E-state index in [2.05, 4.69) is 15.0 Å². The van der Waals surface area contributed by atoms with Gasteiger partial charge in [0.05, 0.1) is 23.8 Å². The van der Waals surface area contributed by atoms with Crippen molar-refractivity contribution in [3.63, 3.8) is 0 Å². The summed E-state index contributed by atoms with van der Waals surface area (Å²) in [4.78, 5) is 17.2. The van der Waals surface area contributed by atoms with Crippen molar-refractivity contribution in [3.8, 4) is 11.5 Å². The Morgan fingerprint density at radius 3 is 2.55 bits per heavy atom. The highest BCUT2D eigenvalue weighted by Crippen LogP contribution is 2.32. The van der Waals surface area contributed by atoms with Gasteiger partial charge in [-0.3, -0.25) is 14.8 Å². The number of nitrogens with one attached hydrogen (secondary N) is 2. The summed E-state index contributed by atoms with van der Waals surface area (Å²) in [5.74, 6) is 0.532. The molecule has 0 bridgehead atoms. The average Bonchev–Trinajstić information content (AvgIpc) is 3.10. The van der Waals surface area contributed by atoms with Crippen LogP contribution in [0.1, 0.15) is 43.2 Å². The highest BCUT2D eigenvalue weighted by Gasteiger charge is 2.21. The van der Waals surface area contributed by atoms with Gasteiger partial charge in [0.2, 0.25) is 0 Å². The van der Waals surface area contributed by atoms with Crippen LogP contribution in [0.5, 0.6) is 11.5 Å². The maximum Gasteiger partial charge on any atom is 0.262 e. The monoisotopic (exact) mass is 487 g/mol. The number of aromatic nitrogens is 1. The van der Waals surface area contributed by atoms with E-state index in [0.717, 1.165) is 12.1 Å². The van der Waals surface area contributed by atoms with Crippen LogP contribution in [0, 0.1) is 0 Å². The van der Waals surface area contributed by atoms with Crippen molar-refractivity contribution in [2.24, 2.45) is 0 Å². The molecule has 0 aliphatic carbocycles. The lowest BCUT2D eigenvalue weighted by Gasteiger charge is -2.14. The van der Waals surface area contributed by atoms with E-state index < -0.39 is 10.0 Å². The van der Waals surface area contributed by atoms with Crippen LogP contribution in [0.25, 0.3) is 0 Å². The quantitative estimate of drug-likeness (QED) is 0.542. The number of benzene rings is 2. The van der Waals surface area contributed by atoms with Crippen molar-refractivity contribution >= 4 is 38.1 Å². The second kappa shape index (κ2) is 9.03. The maximum atomic E-state index is 12.9. The van der Waals surface area contributed by atoms with Gasteiger partial charge in [-0.05, 0) is 30.3 Å². The predicted molar refractivity (Wildman–Crippen MR) is 128 cm³/mol. The first-order valence-electron chi connectivity index (χ1n) is 10.4. The largest absolute Gasteiger partial charge is 0.490 e. The first-order chi connectivity index (χ1) is 15.6. The van der Waals surface area contributed by atoms with Crippen molar-refractivity contribution in [2.75, 3.05) is 23.3 Å². The van der Waals surface area contributed by atoms with E-state index >= 15 is 0 Å². The van der Waals surface area contributed by atoms with Gasteiger partial charge in [-0.2, -0.15) is 0 Å². The minimum absolute atomic E-state index is 0.0408. The van der Waals surface area contributed by atoms with Gasteiger partial charge < -0.3 is 9.47 Å². The third-order valence-electron chi connectivity index (χ3n) is 4.90. The fraction of sp³-hybridized carbons (Fsp3) is 0.304. The Bertz CT molecular complexity index is 1280. The Kier molecular flexibility index (Phi) is 6.31. The normalized spacial score (nSPS) is 13.8. The van der Waals surface area contributed by atoms with Gasteiger partial charge in [0.15, 0.2) is 16.6 Å². The predicted octanol–water partition coefficient (Wildman–Crippen LogP) is 4.66. The van der Waals surface area contributed by atoms with Crippen LogP contribution >= 0.6 is 11.3 Å². The zero-order valence-electron chi connectivity index (χ0n) is 18.5. The lowest BCUT2D eigenvalue weighted by Crippen LogP contribution is -2.16. The number of anilines is 2. The van der Waals surface area contributed by atoms with E-state index in [-0.39, 0.29) is 21.9 Å². The van der Waals surface area contributed by atoms with Crippen LogP contribution in [0.2, 0.25) is 0 Å². The van der Waals surface area contributed by atoms with E-state index in [0.29, 0.717) is 35.4 Å². The lowest BCUT2D eigenvalue weighted by atomic mass is 9.93. The number of hydrogen-bond donors (Lipinski definition) is 2. The zero-order chi connectivity index (χ0) is 23.6. The second-order valence-electron chi connectivity index (χ2n) is 8.59. The van der Waals surface area contributed by atoms with Gasteiger partial charge in [0.25, 0.3) is 15.9 Å². The van der Waals surface area contributed by atoms with E-state index in [9.17, 15) is 13.2 Å². The molecule has 174 valence electrons. The molecule has 0 radical (unpaired) electrons. The molecule has 0 atom stereocenters. The van der Waals surface area contributed by atoms with Crippen LogP contribution in [0.3, 0.4) is 0 Å². The number of thiazole rings is 1. The summed E-state index contributed by atoms with van der Waals surface area (Å²) in [6, 6.07) is 10.8. The van der Waals surface area contributed by atoms with E-state index in [1.807, 2.05) is 26.2 Å². The molecule has 1 amide bonds. The number of fused-ring (bicyclic) bond motifs is 1. The smallest absolute Gasteiger partial charge is 0.262 e. The molecule has 8 nitrogen and oxygen atoms in total. The van der Waals surface area contributed by atoms with Gasteiger partial charge in [0.1, 0.15) is 0 Å². The molecule has 0 spiro atoms. The Morgan fingerprint density at radius 1 is 1.06 bits per heavy atom. The van der Waals surface area contributed by atoms with E-state index in [1.165, 1.54) is 29.5 Å². The number of sulfonamides is 1.